The summed E-state index contributed by atoms with van der Waals surface area (Å²) < 4.78 is 24.0. The van der Waals surface area contributed by atoms with Crippen LogP contribution >= 0.6 is 0 Å². The fraction of sp³-hybridized carbons (Fsp3) is 0.963. The van der Waals surface area contributed by atoms with Crippen molar-refractivity contribution >= 4 is 5.91 Å². The summed E-state index contributed by atoms with van der Waals surface area (Å²) in [5.74, 6) is -0.967. The second-order valence-corrected chi connectivity index (χ2v) is 13.0. The third-order valence-electron chi connectivity index (χ3n) is 9.10. The number of carbonyl (C=O) groups is 1. The molecule has 2 aliphatic carbocycles. The van der Waals surface area contributed by atoms with Crippen LogP contribution in [0.3, 0.4) is 0 Å². The minimum absolute atomic E-state index is 0.00884. The van der Waals surface area contributed by atoms with Gasteiger partial charge >= 0.3 is 0 Å². The van der Waals surface area contributed by atoms with Crippen molar-refractivity contribution < 1.29 is 54.4 Å². The first-order valence-electron chi connectivity index (χ1n) is 15.3. The molecule has 44 heavy (non-hydrogen) atoms. The molecule has 256 valence electrons. The van der Waals surface area contributed by atoms with Gasteiger partial charge in [-0.25, -0.2) is 0 Å². The number of aliphatic hydroxyl groups is 6. The number of likely N-dealkylation sites (N-methyl/N-ethyl adjacent to an activating group) is 1. The highest BCUT2D eigenvalue weighted by Gasteiger charge is 2.52. The van der Waals surface area contributed by atoms with E-state index in [0.717, 1.165) is 12.8 Å². The number of carbonyl (C=O) groups excluding carboxylic acids is 1. The average Bonchev–Trinajstić information content (AvgIpc) is 3.71. The number of nitrogens with two attached hydrogens (primary N) is 3. The Morgan fingerprint density at radius 2 is 1.73 bits per heavy atom. The van der Waals surface area contributed by atoms with Gasteiger partial charge in [-0.2, -0.15) is 0 Å². The zero-order valence-corrected chi connectivity index (χ0v) is 25.3. The zero-order chi connectivity index (χ0) is 32.4. The second-order valence-electron chi connectivity index (χ2n) is 13.0. The summed E-state index contributed by atoms with van der Waals surface area (Å²) in [6.07, 6.45) is -8.45. The highest BCUT2D eigenvalue weighted by Crippen LogP contribution is 2.34. The molecule has 2 saturated carbocycles. The SMILES string of the molecule is CN[C@@H]1[C@@H](O)[C@@H](O[C@@H]2[C@@H](O)[C@H](O[C@H]3O[C@H](CNCC4(O)CC4)CC[C@H]3N)[C@@H](N)C[C@H]2NC(=O)[C@@H](O)[C@@H](O)CN)OC[C@]1(C)O. The van der Waals surface area contributed by atoms with Crippen LogP contribution in [0.15, 0.2) is 0 Å². The minimum atomic E-state index is -1.86. The van der Waals surface area contributed by atoms with Gasteiger partial charge in [0.05, 0.1) is 36.4 Å². The molecule has 14 atom stereocenters. The number of rotatable bonds is 13. The van der Waals surface area contributed by atoms with Crippen molar-refractivity contribution in [2.24, 2.45) is 17.2 Å². The van der Waals surface area contributed by atoms with Crippen LogP contribution in [0.1, 0.15) is 39.0 Å². The van der Waals surface area contributed by atoms with Crippen LogP contribution in [0, 0.1) is 0 Å². The molecule has 1 amide bonds. The van der Waals surface area contributed by atoms with Gasteiger partial charge in [0.2, 0.25) is 0 Å². The molecule has 4 fully saturated rings. The van der Waals surface area contributed by atoms with Gasteiger partial charge in [0.1, 0.15) is 36.1 Å². The Balaban J connectivity index is 1.48. The summed E-state index contributed by atoms with van der Waals surface area (Å²) in [4.78, 5) is 12.8. The molecule has 0 radical (unpaired) electrons. The van der Waals surface area contributed by atoms with Gasteiger partial charge in [-0.3, -0.25) is 4.79 Å². The van der Waals surface area contributed by atoms with Crippen molar-refractivity contribution in [1.82, 2.24) is 16.0 Å². The molecule has 0 aromatic heterocycles. The van der Waals surface area contributed by atoms with E-state index in [0.29, 0.717) is 25.9 Å². The van der Waals surface area contributed by atoms with Crippen LogP contribution in [0.4, 0.5) is 0 Å². The van der Waals surface area contributed by atoms with Crippen molar-refractivity contribution in [3.8, 4) is 0 Å². The molecule has 2 saturated heterocycles. The number of aliphatic hydroxyl groups excluding tert-OH is 4. The molecule has 15 N–H and O–H groups in total. The molecule has 0 aromatic carbocycles. The molecule has 4 rings (SSSR count). The van der Waals surface area contributed by atoms with Crippen molar-refractivity contribution in [3.63, 3.8) is 0 Å². The molecule has 0 unspecified atom stereocenters. The molecular formula is C27H52N6O11. The monoisotopic (exact) mass is 636 g/mol. The summed E-state index contributed by atoms with van der Waals surface area (Å²) in [7, 11) is 1.56. The normalized spacial score (nSPS) is 43.7. The van der Waals surface area contributed by atoms with E-state index in [1.807, 2.05) is 0 Å². The predicted octanol–water partition coefficient (Wildman–Crippen LogP) is -5.98. The Kier molecular flexibility index (Phi) is 12.0. The third kappa shape index (κ3) is 8.41. The van der Waals surface area contributed by atoms with E-state index in [-0.39, 0.29) is 25.7 Å². The Morgan fingerprint density at radius 3 is 2.36 bits per heavy atom. The molecule has 17 nitrogen and oxygen atoms in total. The molecule has 2 heterocycles. The van der Waals surface area contributed by atoms with Gasteiger partial charge < -0.3 is 82.7 Å². The minimum Gasteiger partial charge on any atom is -0.389 e. The average molecular weight is 637 g/mol. The molecule has 17 heteroatoms. The maximum atomic E-state index is 12.8. The van der Waals surface area contributed by atoms with Crippen LogP contribution in [-0.4, -0.2) is 161 Å². The van der Waals surface area contributed by atoms with E-state index < -0.39 is 90.5 Å². The first-order valence-corrected chi connectivity index (χ1v) is 15.3. The molecule has 4 aliphatic rings. The third-order valence-corrected chi connectivity index (χ3v) is 9.10. The first kappa shape index (κ1) is 35.7. The van der Waals surface area contributed by atoms with E-state index in [2.05, 4.69) is 16.0 Å². The van der Waals surface area contributed by atoms with Crippen LogP contribution in [0.25, 0.3) is 0 Å². The van der Waals surface area contributed by atoms with Crippen molar-refractivity contribution in [2.75, 3.05) is 33.3 Å². The Bertz CT molecular complexity index is 948. The molecule has 2 aliphatic heterocycles. The molecule has 0 spiro atoms. The maximum Gasteiger partial charge on any atom is 0.251 e. The Morgan fingerprint density at radius 1 is 1.05 bits per heavy atom. The zero-order valence-electron chi connectivity index (χ0n) is 25.3. The number of nitrogens with one attached hydrogen (secondary N) is 3. The smallest absolute Gasteiger partial charge is 0.251 e. The summed E-state index contributed by atoms with van der Waals surface area (Å²) in [6.45, 7) is 1.84. The highest BCUT2D eigenvalue weighted by molar-refractivity contribution is 5.81. The maximum absolute atomic E-state index is 12.8. The topological polar surface area (TPSA) is 290 Å². The lowest BCUT2D eigenvalue weighted by atomic mass is 9.83. The summed E-state index contributed by atoms with van der Waals surface area (Å²) in [5.41, 5.74) is 16.1. The van der Waals surface area contributed by atoms with Crippen LogP contribution < -0.4 is 33.2 Å². The lowest BCUT2D eigenvalue weighted by Crippen LogP contribution is -2.69. The lowest BCUT2D eigenvalue weighted by molar-refractivity contribution is -0.307. The number of hydrogen-bond donors (Lipinski definition) is 12. The van der Waals surface area contributed by atoms with Crippen LogP contribution in [-0.2, 0) is 23.7 Å². The fourth-order valence-electron chi connectivity index (χ4n) is 6.13. The largest absolute Gasteiger partial charge is 0.389 e. The van der Waals surface area contributed by atoms with Crippen LogP contribution in [0.5, 0.6) is 0 Å². The van der Waals surface area contributed by atoms with Gasteiger partial charge in [-0.05, 0) is 46.1 Å². The summed E-state index contributed by atoms with van der Waals surface area (Å²) in [5, 5.41) is 72.0. The highest BCUT2D eigenvalue weighted by atomic mass is 16.7. The summed E-state index contributed by atoms with van der Waals surface area (Å²) >= 11 is 0. The van der Waals surface area contributed by atoms with Gasteiger partial charge in [0.25, 0.3) is 5.91 Å². The van der Waals surface area contributed by atoms with Crippen molar-refractivity contribution in [1.29, 1.82) is 0 Å². The molecule has 0 aromatic rings. The van der Waals surface area contributed by atoms with Crippen molar-refractivity contribution in [2.45, 2.75) is 130 Å². The van der Waals surface area contributed by atoms with Gasteiger partial charge in [0, 0.05) is 25.7 Å². The molecule has 0 bridgehead atoms. The quantitative estimate of drug-likeness (QED) is 0.0896. The Hall–Kier alpha value is -1.13. The standard InChI is InChI=1S/C27H52N6O11/c1-26(39)11-41-25(19(37)22(26)31-2)44-21-15(33-23(38)17(35)16(34)8-28)7-14(30)20(18(21)36)43-24-13(29)4-3-12(42-24)9-32-10-27(40)5-6-27/h12-22,24-25,31-32,34-37,39-40H,3-11,28-30H2,1-2H3,(H,33,38)/t12-,13+,14-,15+,16-,17-,18-,19+,20+,21-,22+,24+,25+,26-/m0/s1. The van der Waals surface area contributed by atoms with Gasteiger partial charge in [0.15, 0.2) is 18.7 Å². The Labute approximate surface area is 256 Å². The number of ether oxygens (including phenoxy) is 4. The molecular weight excluding hydrogens is 584 g/mol. The number of hydrogen-bond acceptors (Lipinski definition) is 16. The lowest BCUT2D eigenvalue weighted by Gasteiger charge is -2.49. The second kappa shape index (κ2) is 14.7. The van der Waals surface area contributed by atoms with E-state index in [9.17, 15) is 35.4 Å². The first-order chi connectivity index (χ1) is 20.7. The van der Waals surface area contributed by atoms with Crippen molar-refractivity contribution in [3.05, 3.63) is 0 Å². The van der Waals surface area contributed by atoms with Gasteiger partial charge in [-0.15, -0.1) is 0 Å². The van der Waals surface area contributed by atoms with Crippen LogP contribution in [0.2, 0.25) is 0 Å². The fourth-order valence-corrected chi connectivity index (χ4v) is 6.13. The summed E-state index contributed by atoms with van der Waals surface area (Å²) in [6, 6.07) is -3.27. The number of amides is 1. The van der Waals surface area contributed by atoms with E-state index >= 15 is 0 Å². The van der Waals surface area contributed by atoms with E-state index in [4.69, 9.17) is 36.1 Å². The van der Waals surface area contributed by atoms with E-state index in [1.165, 1.54) is 6.92 Å². The van der Waals surface area contributed by atoms with E-state index in [1.54, 1.807) is 7.05 Å². The van der Waals surface area contributed by atoms with Gasteiger partial charge in [-0.1, -0.05) is 0 Å². The predicted molar refractivity (Wildman–Crippen MR) is 153 cm³/mol.